The second-order valence-electron chi connectivity index (χ2n) is 5.31. The van der Waals surface area contributed by atoms with Gasteiger partial charge in [-0.15, -0.1) is 0 Å². The van der Waals surface area contributed by atoms with E-state index in [4.69, 9.17) is 10.5 Å². The second kappa shape index (κ2) is 6.36. The summed E-state index contributed by atoms with van der Waals surface area (Å²) in [5.41, 5.74) is 5.80. The summed E-state index contributed by atoms with van der Waals surface area (Å²) in [6.07, 6.45) is 7.17. The molecule has 4 nitrogen and oxygen atoms in total. The number of carbonyl (C=O) groups excluding carboxylic acids is 1. The van der Waals surface area contributed by atoms with E-state index >= 15 is 0 Å². The van der Waals surface area contributed by atoms with Crippen LogP contribution in [-0.4, -0.2) is 31.7 Å². The molecule has 0 spiro atoms. The topological polar surface area (TPSA) is 64.3 Å². The predicted octanol–water partition coefficient (Wildman–Crippen LogP) is 1.05. The van der Waals surface area contributed by atoms with Gasteiger partial charge in [-0.2, -0.15) is 0 Å². The minimum Gasteiger partial charge on any atom is -0.381 e. The van der Waals surface area contributed by atoms with Gasteiger partial charge in [0.25, 0.3) is 0 Å². The van der Waals surface area contributed by atoms with Crippen LogP contribution in [0, 0.1) is 11.8 Å². The van der Waals surface area contributed by atoms with Crippen LogP contribution in [0.25, 0.3) is 0 Å². The maximum absolute atomic E-state index is 12.0. The zero-order valence-corrected chi connectivity index (χ0v) is 10.5. The van der Waals surface area contributed by atoms with Crippen LogP contribution < -0.4 is 11.1 Å². The van der Waals surface area contributed by atoms with Crippen molar-refractivity contribution in [2.75, 3.05) is 19.8 Å². The summed E-state index contributed by atoms with van der Waals surface area (Å²) in [4.78, 5) is 12.0. The van der Waals surface area contributed by atoms with Crippen molar-refractivity contribution in [1.29, 1.82) is 0 Å². The first kappa shape index (κ1) is 12.8. The molecule has 4 heteroatoms. The molecule has 2 unspecified atom stereocenters. The highest BCUT2D eigenvalue weighted by Gasteiger charge is 2.28. The molecule has 1 saturated heterocycles. The highest BCUT2D eigenvalue weighted by atomic mass is 16.5. The number of hydrogen-bond acceptors (Lipinski definition) is 3. The maximum Gasteiger partial charge on any atom is 0.225 e. The lowest BCUT2D eigenvalue weighted by Gasteiger charge is -2.30. The molecule has 0 aromatic rings. The summed E-state index contributed by atoms with van der Waals surface area (Å²) < 4.78 is 5.25. The molecular weight excluding hydrogens is 216 g/mol. The van der Waals surface area contributed by atoms with Crippen molar-refractivity contribution in [3.8, 4) is 0 Å². The highest BCUT2D eigenvalue weighted by Crippen LogP contribution is 2.26. The van der Waals surface area contributed by atoms with Gasteiger partial charge in [0.2, 0.25) is 5.91 Å². The molecule has 2 aliphatic rings. The molecule has 0 aromatic heterocycles. The summed E-state index contributed by atoms with van der Waals surface area (Å²) in [7, 11) is 0. The van der Waals surface area contributed by atoms with E-state index < -0.39 is 0 Å². The molecule has 17 heavy (non-hydrogen) atoms. The molecular formula is C13H24N2O2. The molecule has 1 aliphatic heterocycles. The van der Waals surface area contributed by atoms with Crippen LogP contribution >= 0.6 is 0 Å². The van der Waals surface area contributed by atoms with Crippen molar-refractivity contribution in [2.24, 2.45) is 17.6 Å². The van der Waals surface area contributed by atoms with E-state index in [1.807, 2.05) is 0 Å². The van der Waals surface area contributed by atoms with Gasteiger partial charge in [0.05, 0.1) is 12.5 Å². The average molecular weight is 240 g/mol. The Kier molecular flexibility index (Phi) is 4.80. The van der Waals surface area contributed by atoms with E-state index in [2.05, 4.69) is 5.32 Å². The van der Waals surface area contributed by atoms with E-state index in [1.54, 1.807) is 0 Å². The Labute approximate surface area is 103 Å². The Hall–Kier alpha value is -0.610. The summed E-state index contributed by atoms with van der Waals surface area (Å²) >= 11 is 0. The fourth-order valence-electron chi connectivity index (χ4n) is 2.95. The van der Waals surface area contributed by atoms with Crippen LogP contribution in [0.4, 0.5) is 0 Å². The summed E-state index contributed by atoms with van der Waals surface area (Å²) in [6.45, 7) is 1.85. The molecule has 98 valence electrons. The Morgan fingerprint density at radius 3 is 2.65 bits per heavy atom. The Morgan fingerprint density at radius 2 is 2.06 bits per heavy atom. The van der Waals surface area contributed by atoms with Crippen molar-refractivity contribution in [3.63, 3.8) is 0 Å². The van der Waals surface area contributed by atoms with Crippen LogP contribution in [-0.2, 0) is 9.53 Å². The molecule has 2 atom stereocenters. The van der Waals surface area contributed by atoms with Crippen molar-refractivity contribution in [3.05, 3.63) is 0 Å². The lowest BCUT2D eigenvalue weighted by Crippen LogP contribution is -2.48. The van der Waals surface area contributed by atoms with E-state index in [9.17, 15) is 4.79 Å². The fourth-order valence-corrected chi connectivity index (χ4v) is 2.95. The molecule has 2 rings (SSSR count). The van der Waals surface area contributed by atoms with E-state index in [1.165, 1.54) is 32.1 Å². The number of amides is 1. The first-order chi connectivity index (χ1) is 8.31. The van der Waals surface area contributed by atoms with Gasteiger partial charge in [-0.1, -0.05) is 19.3 Å². The van der Waals surface area contributed by atoms with Crippen LogP contribution in [0.1, 0.15) is 38.5 Å². The van der Waals surface area contributed by atoms with Gasteiger partial charge < -0.3 is 15.8 Å². The lowest BCUT2D eigenvalue weighted by molar-refractivity contribution is -0.126. The zero-order chi connectivity index (χ0) is 12.1. The molecule has 1 amide bonds. The summed E-state index contributed by atoms with van der Waals surface area (Å²) in [5.74, 6) is 0.774. The molecule has 0 bridgehead atoms. The normalized spacial score (nSPS) is 27.9. The number of rotatable bonds is 4. The van der Waals surface area contributed by atoms with Gasteiger partial charge in [-0.05, 0) is 25.2 Å². The average Bonchev–Trinajstić information content (AvgIpc) is 2.90. The largest absolute Gasteiger partial charge is 0.381 e. The second-order valence-corrected chi connectivity index (χ2v) is 5.31. The lowest BCUT2D eigenvalue weighted by atomic mass is 9.83. The van der Waals surface area contributed by atoms with Crippen molar-refractivity contribution in [1.82, 2.24) is 5.32 Å². The molecule has 1 heterocycles. The van der Waals surface area contributed by atoms with Crippen molar-refractivity contribution < 1.29 is 9.53 Å². The molecule has 0 aromatic carbocycles. The first-order valence-electron chi connectivity index (χ1n) is 6.89. The highest BCUT2D eigenvalue weighted by molar-refractivity contribution is 5.79. The first-order valence-corrected chi connectivity index (χ1v) is 6.89. The third kappa shape index (κ3) is 3.42. The van der Waals surface area contributed by atoms with Gasteiger partial charge in [0, 0.05) is 19.2 Å². The van der Waals surface area contributed by atoms with Gasteiger partial charge in [0.1, 0.15) is 0 Å². The summed E-state index contributed by atoms with van der Waals surface area (Å²) in [5, 5.41) is 3.13. The van der Waals surface area contributed by atoms with Gasteiger partial charge in [-0.25, -0.2) is 0 Å². The predicted molar refractivity (Wildman–Crippen MR) is 66.5 cm³/mol. The molecule has 3 N–H and O–H groups in total. The van der Waals surface area contributed by atoms with Crippen LogP contribution in [0.15, 0.2) is 0 Å². The molecule has 1 aliphatic carbocycles. The standard InChI is InChI=1S/C13H24N2O2/c14-8-12(10-4-2-1-3-5-10)15-13(16)11-6-7-17-9-11/h10-12H,1-9,14H2,(H,15,16). The maximum atomic E-state index is 12.0. The van der Waals surface area contributed by atoms with Crippen LogP contribution in [0.2, 0.25) is 0 Å². The van der Waals surface area contributed by atoms with Crippen molar-refractivity contribution in [2.45, 2.75) is 44.6 Å². The summed E-state index contributed by atoms with van der Waals surface area (Å²) in [6, 6.07) is 0.170. The minimum absolute atomic E-state index is 0.0487. The van der Waals surface area contributed by atoms with Gasteiger partial charge in [0.15, 0.2) is 0 Å². The molecule has 2 fully saturated rings. The quantitative estimate of drug-likeness (QED) is 0.772. The smallest absolute Gasteiger partial charge is 0.225 e. The number of hydrogen-bond donors (Lipinski definition) is 2. The third-order valence-corrected chi connectivity index (χ3v) is 4.10. The number of nitrogens with one attached hydrogen (secondary N) is 1. The Balaban J connectivity index is 1.82. The number of ether oxygens (including phenoxy) is 1. The number of carbonyl (C=O) groups is 1. The van der Waals surface area contributed by atoms with Crippen LogP contribution in [0.3, 0.4) is 0 Å². The Morgan fingerprint density at radius 1 is 1.29 bits per heavy atom. The number of nitrogens with two attached hydrogens (primary N) is 1. The van der Waals surface area contributed by atoms with E-state index in [-0.39, 0.29) is 17.9 Å². The fraction of sp³-hybridized carbons (Fsp3) is 0.923. The zero-order valence-electron chi connectivity index (χ0n) is 10.5. The SMILES string of the molecule is NCC(NC(=O)C1CCOC1)C1CCCCC1. The molecule has 1 saturated carbocycles. The van der Waals surface area contributed by atoms with Crippen LogP contribution in [0.5, 0.6) is 0 Å². The molecule has 0 radical (unpaired) electrons. The van der Waals surface area contributed by atoms with E-state index in [0.29, 0.717) is 19.1 Å². The van der Waals surface area contributed by atoms with Gasteiger partial charge in [-0.3, -0.25) is 4.79 Å². The Bertz CT molecular complexity index is 246. The van der Waals surface area contributed by atoms with Crippen molar-refractivity contribution >= 4 is 5.91 Å². The minimum atomic E-state index is 0.0487. The third-order valence-electron chi connectivity index (χ3n) is 4.10. The monoisotopic (exact) mass is 240 g/mol. The van der Waals surface area contributed by atoms with Gasteiger partial charge >= 0.3 is 0 Å². The van der Waals surface area contributed by atoms with E-state index in [0.717, 1.165) is 13.0 Å².